The second kappa shape index (κ2) is 6.31. The summed E-state index contributed by atoms with van der Waals surface area (Å²) in [6.07, 6.45) is 3.74. The molecule has 6 heteroatoms. The third kappa shape index (κ3) is 3.15. The molecule has 0 amide bonds. The molecule has 0 saturated carbocycles. The number of nitrogens with zero attached hydrogens (tertiary/aromatic N) is 2. The van der Waals surface area contributed by atoms with Gasteiger partial charge in [-0.25, -0.2) is 8.42 Å². The molecule has 1 saturated heterocycles. The maximum absolute atomic E-state index is 12.9. The Morgan fingerprint density at radius 3 is 2.57 bits per heavy atom. The Balaban J connectivity index is 2.40. The molecule has 0 radical (unpaired) electrons. The molecule has 0 aromatic carbocycles. The van der Waals surface area contributed by atoms with E-state index in [4.69, 9.17) is 11.6 Å². The SMILES string of the molecule is CC1CCCN(S(=O)(=O)c2cc(CCl)n(C(C)C)c2)C1C. The molecule has 0 aliphatic carbocycles. The molecule has 1 fully saturated rings. The summed E-state index contributed by atoms with van der Waals surface area (Å²) < 4.78 is 29.4. The predicted molar refractivity (Wildman–Crippen MR) is 86.1 cm³/mol. The number of hydrogen-bond acceptors (Lipinski definition) is 2. The van der Waals surface area contributed by atoms with Crippen LogP contribution in [0.15, 0.2) is 17.2 Å². The van der Waals surface area contributed by atoms with Crippen molar-refractivity contribution in [3.8, 4) is 0 Å². The molecule has 1 aromatic rings. The van der Waals surface area contributed by atoms with Gasteiger partial charge in [0, 0.05) is 30.5 Å². The molecule has 1 aliphatic heterocycles. The van der Waals surface area contributed by atoms with E-state index in [2.05, 4.69) is 6.92 Å². The average molecular weight is 333 g/mol. The zero-order valence-corrected chi connectivity index (χ0v) is 14.8. The Morgan fingerprint density at radius 2 is 2.05 bits per heavy atom. The van der Waals surface area contributed by atoms with Crippen LogP contribution in [0.3, 0.4) is 0 Å². The van der Waals surface area contributed by atoms with Crippen molar-refractivity contribution in [2.45, 2.75) is 63.4 Å². The maximum atomic E-state index is 12.9. The van der Waals surface area contributed by atoms with Crippen LogP contribution in [0.5, 0.6) is 0 Å². The Labute approximate surface area is 133 Å². The lowest BCUT2D eigenvalue weighted by Crippen LogP contribution is -2.45. The summed E-state index contributed by atoms with van der Waals surface area (Å²) in [6.45, 7) is 8.78. The number of alkyl halides is 1. The van der Waals surface area contributed by atoms with Crippen LogP contribution in [0, 0.1) is 5.92 Å². The molecular formula is C15H25ClN2O2S. The lowest BCUT2D eigenvalue weighted by molar-refractivity contribution is 0.202. The summed E-state index contributed by atoms with van der Waals surface area (Å²) in [5, 5.41) is 0. The van der Waals surface area contributed by atoms with Crippen molar-refractivity contribution in [1.29, 1.82) is 0 Å². The summed E-state index contributed by atoms with van der Waals surface area (Å²) in [4.78, 5) is 0.368. The van der Waals surface area contributed by atoms with Crippen molar-refractivity contribution in [2.75, 3.05) is 6.54 Å². The summed E-state index contributed by atoms with van der Waals surface area (Å²) in [5.41, 5.74) is 0.850. The highest BCUT2D eigenvalue weighted by Gasteiger charge is 2.35. The topological polar surface area (TPSA) is 42.3 Å². The van der Waals surface area contributed by atoms with E-state index >= 15 is 0 Å². The Bertz CT molecular complexity index is 595. The van der Waals surface area contributed by atoms with Gasteiger partial charge < -0.3 is 4.57 Å². The van der Waals surface area contributed by atoms with Gasteiger partial charge in [-0.15, -0.1) is 11.6 Å². The van der Waals surface area contributed by atoms with Gasteiger partial charge in [-0.2, -0.15) is 4.31 Å². The monoisotopic (exact) mass is 332 g/mol. The van der Waals surface area contributed by atoms with Gasteiger partial charge in [0.1, 0.15) is 4.90 Å². The van der Waals surface area contributed by atoms with Crippen molar-refractivity contribution in [3.63, 3.8) is 0 Å². The molecule has 120 valence electrons. The van der Waals surface area contributed by atoms with Crippen LogP contribution in [0.4, 0.5) is 0 Å². The zero-order valence-electron chi connectivity index (χ0n) is 13.2. The molecule has 21 heavy (non-hydrogen) atoms. The number of sulfonamides is 1. The van der Waals surface area contributed by atoms with Crippen molar-refractivity contribution >= 4 is 21.6 Å². The second-order valence-corrected chi connectivity index (χ2v) is 8.44. The smallest absolute Gasteiger partial charge is 0.244 e. The number of aromatic nitrogens is 1. The molecule has 2 unspecified atom stereocenters. The third-order valence-electron chi connectivity index (χ3n) is 4.52. The highest BCUT2D eigenvalue weighted by atomic mass is 35.5. The highest BCUT2D eigenvalue weighted by Crippen LogP contribution is 2.30. The number of piperidine rings is 1. The average Bonchev–Trinajstić information content (AvgIpc) is 2.86. The second-order valence-electron chi connectivity index (χ2n) is 6.28. The first-order chi connectivity index (χ1) is 9.78. The largest absolute Gasteiger partial charge is 0.346 e. The van der Waals surface area contributed by atoms with E-state index in [0.717, 1.165) is 18.5 Å². The molecule has 2 heterocycles. The van der Waals surface area contributed by atoms with Gasteiger partial charge in [0.15, 0.2) is 0 Å². The lowest BCUT2D eigenvalue weighted by Gasteiger charge is -2.36. The van der Waals surface area contributed by atoms with Gasteiger partial charge in [0.2, 0.25) is 10.0 Å². The fraction of sp³-hybridized carbons (Fsp3) is 0.733. The van der Waals surface area contributed by atoms with Crippen LogP contribution in [0.2, 0.25) is 0 Å². The van der Waals surface area contributed by atoms with Crippen molar-refractivity contribution in [2.24, 2.45) is 5.92 Å². The van der Waals surface area contributed by atoms with Gasteiger partial charge in [0.05, 0.1) is 5.88 Å². The Hall–Kier alpha value is -0.520. The maximum Gasteiger partial charge on any atom is 0.244 e. The van der Waals surface area contributed by atoms with Crippen molar-refractivity contribution in [3.05, 3.63) is 18.0 Å². The lowest BCUT2D eigenvalue weighted by atomic mass is 9.94. The fourth-order valence-corrected chi connectivity index (χ4v) is 5.03. The summed E-state index contributed by atoms with van der Waals surface area (Å²) >= 11 is 5.95. The molecule has 0 N–H and O–H groups in total. The van der Waals surface area contributed by atoms with Gasteiger partial charge in [0.25, 0.3) is 0 Å². The molecule has 0 bridgehead atoms. The van der Waals surface area contributed by atoms with Crippen molar-refractivity contribution < 1.29 is 8.42 Å². The zero-order chi connectivity index (χ0) is 15.8. The van der Waals surface area contributed by atoms with Gasteiger partial charge in [-0.3, -0.25) is 0 Å². The Morgan fingerprint density at radius 1 is 1.38 bits per heavy atom. The number of rotatable bonds is 4. The van der Waals surface area contributed by atoms with Crippen LogP contribution in [-0.2, 0) is 15.9 Å². The standard InChI is InChI=1S/C15H25ClN2O2S/c1-11(2)17-10-15(8-14(17)9-16)21(19,20)18-7-5-6-12(3)13(18)4/h8,10-13H,5-7,9H2,1-4H3. The van der Waals surface area contributed by atoms with E-state index in [9.17, 15) is 8.42 Å². The fourth-order valence-electron chi connectivity index (χ4n) is 3.00. The van der Waals surface area contributed by atoms with Crippen LogP contribution in [0.25, 0.3) is 0 Å². The minimum Gasteiger partial charge on any atom is -0.346 e. The normalized spacial score (nSPS) is 24.7. The first kappa shape index (κ1) is 16.8. The number of halogens is 1. The minimum absolute atomic E-state index is 0.0469. The van der Waals surface area contributed by atoms with Gasteiger partial charge in [-0.1, -0.05) is 6.92 Å². The molecule has 1 aromatic heterocycles. The molecular weight excluding hydrogens is 308 g/mol. The third-order valence-corrected chi connectivity index (χ3v) is 6.75. The van der Waals surface area contributed by atoms with E-state index in [1.165, 1.54) is 0 Å². The quantitative estimate of drug-likeness (QED) is 0.790. The number of hydrogen-bond donors (Lipinski definition) is 0. The molecule has 1 aliphatic rings. The first-order valence-electron chi connectivity index (χ1n) is 7.57. The van der Waals surface area contributed by atoms with Crippen molar-refractivity contribution in [1.82, 2.24) is 8.87 Å². The highest BCUT2D eigenvalue weighted by molar-refractivity contribution is 7.89. The minimum atomic E-state index is -3.44. The molecule has 2 rings (SSSR count). The van der Waals surface area contributed by atoms with Crippen LogP contribution >= 0.6 is 11.6 Å². The van der Waals surface area contributed by atoms with E-state index in [1.807, 2.05) is 25.3 Å². The van der Waals surface area contributed by atoms with E-state index < -0.39 is 10.0 Å². The summed E-state index contributed by atoms with van der Waals surface area (Å²) in [7, 11) is -3.44. The van der Waals surface area contributed by atoms with E-state index in [-0.39, 0.29) is 12.1 Å². The molecule has 0 spiro atoms. The summed E-state index contributed by atoms with van der Waals surface area (Å²) in [6, 6.07) is 1.96. The van der Waals surface area contributed by atoms with Crippen LogP contribution in [-0.4, -0.2) is 29.9 Å². The summed E-state index contributed by atoms with van der Waals surface area (Å²) in [5.74, 6) is 0.716. The predicted octanol–water partition coefficient (Wildman–Crippen LogP) is 3.62. The molecule has 4 nitrogen and oxygen atoms in total. The molecule has 2 atom stereocenters. The van der Waals surface area contributed by atoms with Gasteiger partial charge in [-0.05, 0) is 45.6 Å². The van der Waals surface area contributed by atoms with Crippen LogP contribution < -0.4 is 0 Å². The van der Waals surface area contributed by atoms with E-state index in [1.54, 1.807) is 16.6 Å². The van der Waals surface area contributed by atoms with Gasteiger partial charge >= 0.3 is 0 Å². The first-order valence-corrected chi connectivity index (χ1v) is 9.55. The van der Waals surface area contributed by atoms with E-state index in [0.29, 0.717) is 23.2 Å². The van der Waals surface area contributed by atoms with Crippen LogP contribution in [0.1, 0.15) is 52.3 Å². The Kier molecular flexibility index (Phi) is 5.06.